The fraction of sp³-hybridized carbons (Fsp3) is 0.722. The molecule has 7 heteroatoms. The molecule has 1 amide bonds. The zero-order chi connectivity index (χ0) is 17.9. The topological polar surface area (TPSA) is 76.6 Å². The van der Waals surface area contributed by atoms with Crippen LogP contribution in [0.4, 0.5) is 5.95 Å². The molecule has 0 saturated carbocycles. The van der Waals surface area contributed by atoms with Gasteiger partial charge in [0.2, 0.25) is 5.95 Å². The Morgan fingerprint density at radius 3 is 2.60 bits per heavy atom. The molecule has 0 aromatic carbocycles. The van der Waals surface area contributed by atoms with Crippen molar-refractivity contribution in [2.45, 2.75) is 45.8 Å². The van der Waals surface area contributed by atoms with E-state index in [1.54, 1.807) is 6.07 Å². The second kappa shape index (κ2) is 7.66. The van der Waals surface area contributed by atoms with Gasteiger partial charge >= 0.3 is 0 Å². The summed E-state index contributed by atoms with van der Waals surface area (Å²) in [5, 5.41) is 2.94. The molecule has 2 aliphatic rings. The largest absolute Gasteiger partial charge is 0.351 e. The smallest absolute Gasteiger partial charge is 0.270 e. The maximum absolute atomic E-state index is 12.4. The third-order valence-corrected chi connectivity index (χ3v) is 4.70. The van der Waals surface area contributed by atoms with Crippen molar-refractivity contribution >= 4 is 11.9 Å². The first-order chi connectivity index (χ1) is 12.0. The minimum Gasteiger partial charge on any atom is -0.351 e. The minimum atomic E-state index is -0.419. The summed E-state index contributed by atoms with van der Waals surface area (Å²) in [7, 11) is 0. The molecule has 138 valence electrons. The highest BCUT2D eigenvalue weighted by Crippen LogP contribution is 2.32. The monoisotopic (exact) mass is 348 g/mol. The Morgan fingerprint density at radius 2 is 1.96 bits per heavy atom. The van der Waals surface area contributed by atoms with E-state index in [0.29, 0.717) is 37.3 Å². The van der Waals surface area contributed by atoms with Crippen molar-refractivity contribution in [3.05, 3.63) is 17.5 Å². The number of ether oxygens (including phenoxy) is 2. The molecule has 0 bridgehead atoms. The summed E-state index contributed by atoms with van der Waals surface area (Å²) in [4.78, 5) is 23.5. The van der Waals surface area contributed by atoms with Crippen LogP contribution in [-0.4, -0.2) is 54.5 Å². The van der Waals surface area contributed by atoms with Crippen LogP contribution in [0.3, 0.4) is 0 Å². The SMILES string of the molecule is Cc1cc(C(=O)NCCC(C)C)nc(N2CCC3(CC2)OCCO3)n1. The fourth-order valence-corrected chi connectivity index (χ4v) is 3.21. The van der Waals surface area contributed by atoms with Crippen LogP contribution < -0.4 is 10.2 Å². The number of piperidine rings is 1. The quantitative estimate of drug-likeness (QED) is 0.876. The van der Waals surface area contributed by atoms with Crippen molar-refractivity contribution in [2.75, 3.05) is 37.7 Å². The molecule has 7 nitrogen and oxygen atoms in total. The molecule has 2 saturated heterocycles. The highest BCUT2D eigenvalue weighted by atomic mass is 16.7. The van der Waals surface area contributed by atoms with Crippen molar-refractivity contribution in [1.82, 2.24) is 15.3 Å². The van der Waals surface area contributed by atoms with Crippen molar-refractivity contribution in [1.29, 1.82) is 0 Å². The molecule has 2 aliphatic heterocycles. The van der Waals surface area contributed by atoms with E-state index in [9.17, 15) is 4.79 Å². The van der Waals surface area contributed by atoms with Gasteiger partial charge in [-0.1, -0.05) is 13.8 Å². The van der Waals surface area contributed by atoms with Crippen LogP contribution in [-0.2, 0) is 9.47 Å². The maximum atomic E-state index is 12.4. The summed E-state index contributed by atoms with van der Waals surface area (Å²) in [5.41, 5.74) is 1.23. The Balaban J connectivity index is 1.64. The van der Waals surface area contributed by atoms with Crippen LogP contribution in [0.5, 0.6) is 0 Å². The molecule has 25 heavy (non-hydrogen) atoms. The summed E-state index contributed by atoms with van der Waals surface area (Å²) in [6.45, 7) is 9.69. The molecule has 0 atom stereocenters. The average molecular weight is 348 g/mol. The van der Waals surface area contributed by atoms with E-state index < -0.39 is 5.79 Å². The van der Waals surface area contributed by atoms with Gasteiger partial charge < -0.3 is 19.7 Å². The number of aryl methyl sites for hydroxylation is 1. The summed E-state index contributed by atoms with van der Waals surface area (Å²) >= 11 is 0. The molecule has 0 unspecified atom stereocenters. The van der Waals surface area contributed by atoms with E-state index in [0.717, 1.165) is 38.0 Å². The van der Waals surface area contributed by atoms with E-state index >= 15 is 0 Å². The van der Waals surface area contributed by atoms with Crippen LogP contribution in [0.1, 0.15) is 49.3 Å². The highest BCUT2D eigenvalue weighted by Gasteiger charge is 2.40. The van der Waals surface area contributed by atoms with Crippen LogP contribution >= 0.6 is 0 Å². The Kier molecular flexibility index (Phi) is 5.54. The van der Waals surface area contributed by atoms with E-state index in [1.165, 1.54) is 0 Å². The molecule has 0 aliphatic carbocycles. The lowest BCUT2D eigenvalue weighted by Gasteiger charge is -2.37. The number of aromatic nitrogens is 2. The standard InChI is InChI=1S/C18H28N4O3/c1-13(2)4-7-19-16(23)15-12-14(3)20-17(21-15)22-8-5-18(6-9-22)24-10-11-25-18/h12-13H,4-11H2,1-3H3,(H,19,23). The van der Waals surface area contributed by atoms with Crippen LogP contribution in [0.25, 0.3) is 0 Å². The first kappa shape index (κ1) is 18.1. The normalized spacial score (nSPS) is 19.6. The highest BCUT2D eigenvalue weighted by molar-refractivity contribution is 5.92. The lowest BCUT2D eigenvalue weighted by atomic mass is 10.0. The predicted molar refractivity (Wildman–Crippen MR) is 94.6 cm³/mol. The van der Waals surface area contributed by atoms with Crippen molar-refractivity contribution in [2.24, 2.45) is 5.92 Å². The van der Waals surface area contributed by atoms with E-state index in [2.05, 4.69) is 34.0 Å². The van der Waals surface area contributed by atoms with Gasteiger partial charge in [0.1, 0.15) is 5.69 Å². The van der Waals surface area contributed by atoms with Crippen LogP contribution in [0, 0.1) is 12.8 Å². The van der Waals surface area contributed by atoms with Gasteiger partial charge in [0.15, 0.2) is 5.79 Å². The van der Waals surface area contributed by atoms with E-state index in [4.69, 9.17) is 9.47 Å². The first-order valence-corrected chi connectivity index (χ1v) is 9.14. The zero-order valence-corrected chi connectivity index (χ0v) is 15.4. The predicted octanol–water partition coefficient (Wildman–Crippen LogP) is 1.90. The molecule has 1 aromatic heterocycles. The number of nitrogens with one attached hydrogen (secondary N) is 1. The van der Waals surface area contributed by atoms with Gasteiger partial charge in [0.25, 0.3) is 5.91 Å². The third-order valence-electron chi connectivity index (χ3n) is 4.70. The molecule has 0 radical (unpaired) electrons. The van der Waals surface area contributed by atoms with E-state index in [-0.39, 0.29) is 5.91 Å². The van der Waals surface area contributed by atoms with Gasteiger partial charge in [-0.15, -0.1) is 0 Å². The van der Waals surface area contributed by atoms with Crippen molar-refractivity contribution in [3.63, 3.8) is 0 Å². The molecular weight excluding hydrogens is 320 g/mol. The van der Waals surface area contributed by atoms with Gasteiger partial charge in [-0.05, 0) is 25.3 Å². The zero-order valence-electron chi connectivity index (χ0n) is 15.4. The van der Waals surface area contributed by atoms with Gasteiger partial charge in [-0.2, -0.15) is 0 Å². The lowest BCUT2D eigenvalue weighted by molar-refractivity contribution is -0.169. The van der Waals surface area contributed by atoms with Gasteiger partial charge in [-0.3, -0.25) is 4.79 Å². The third kappa shape index (κ3) is 4.46. The van der Waals surface area contributed by atoms with E-state index in [1.807, 2.05) is 6.92 Å². The number of hydrogen-bond acceptors (Lipinski definition) is 6. The second-order valence-corrected chi connectivity index (χ2v) is 7.23. The Morgan fingerprint density at radius 1 is 1.28 bits per heavy atom. The Bertz CT molecular complexity index is 604. The number of carbonyl (C=O) groups is 1. The average Bonchev–Trinajstić information content (AvgIpc) is 3.02. The van der Waals surface area contributed by atoms with Crippen LogP contribution in [0.15, 0.2) is 6.07 Å². The van der Waals surface area contributed by atoms with Gasteiger partial charge in [0, 0.05) is 38.2 Å². The fourth-order valence-electron chi connectivity index (χ4n) is 3.21. The number of hydrogen-bond donors (Lipinski definition) is 1. The van der Waals surface area contributed by atoms with Crippen LogP contribution in [0.2, 0.25) is 0 Å². The Labute approximate surface area is 149 Å². The van der Waals surface area contributed by atoms with Crippen molar-refractivity contribution < 1.29 is 14.3 Å². The summed E-state index contributed by atoms with van der Waals surface area (Å²) < 4.78 is 11.5. The summed E-state index contributed by atoms with van der Waals surface area (Å²) in [6.07, 6.45) is 2.54. The Hall–Kier alpha value is -1.73. The summed E-state index contributed by atoms with van der Waals surface area (Å²) in [6, 6.07) is 1.74. The first-order valence-electron chi connectivity index (χ1n) is 9.14. The number of nitrogens with zero attached hydrogens (tertiary/aromatic N) is 3. The number of carbonyl (C=O) groups excluding carboxylic acids is 1. The molecule has 1 spiro atoms. The molecule has 2 fully saturated rings. The molecule has 1 aromatic rings. The molecule has 1 N–H and O–H groups in total. The minimum absolute atomic E-state index is 0.136. The number of anilines is 1. The second-order valence-electron chi connectivity index (χ2n) is 7.23. The molecule has 3 rings (SSSR count). The molecular formula is C18H28N4O3. The summed E-state index contributed by atoms with van der Waals surface area (Å²) in [5.74, 6) is 0.617. The molecule has 3 heterocycles. The number of rotatable bonds is 5. The lowest BCUT2D eigenvalue weighted by Crippen LogP contribution is -2.46. The number of amides is 1. The van der Waals surface area contributed by atoms with Gasteiger partial charge in [-0.25, -0.2) is 9.97 Å². The van der Waals surface area contributed by atoms with Gasteiger partial charge in [0.05, 0.1) is 13.2 Å². The van der Waals surface area contributed by atoms with Crippen molar-refractivity contribution in [3.8, 4) is 0 Å². The maximum Gasteiger partial charge on any atom is 0.270 e.